The summed E-state index contributed by atoms with van der Waals surface area (Å²) < 4.78 is 107. The number of aliphatic hydroxyl groups is 1. The van der Waals surface area contributed by atoms with Crippen LogP contribution in [0.3, 0.4) is 0 Å². The molecule has 4 rings (SSSR count). The smallest absolute Gasteiger partial charge is 0.380 e. The minimum atomic E-state index is -5.86. The van der Waals surface area contributed by atoms with E-state index < -0.39 is 57.3 Å². The first-order valence-corrected chi connectivity index (χ1v) is 12.5. The summed E-state index contributed by atoms with van der Waals surface area (Å²) in [6, 6.07) is 13.0. The highest BCUT2D eigenvalue weighted by Crippen LogP contribution is 2.56. The Kier molecular flexibility index (Phi) is 6.41. The maximum absolute atomic E-state index is 13.7. The molecule has 0 spiro atoms. The number of alkyl halides is 6. The normalized spacial score (nSPS) is 27.5. The van der Waals surface area contributed by atoms with Crippen molar-refractivity contribution in [3.05, 3.63) is 65.2 Å². The van der Waals surface area contributed by atoms with Gasteiger partial charge >= 0.3 is 21.8 Å². The molecule has 1 N–H and O–H groups in total. The molecule has 1 fully saturated rings. The molecule has 0 bridgehead atoms. The number of rotatable bonds is 4. The molecule has 2 aromatic carbocycles. The van der Waals surface area contributed by atoms with E-state index in [1.54, 1.807) is 0 Å². The number of fused-ring (bicyclic) bond motifs is 3. The molecule has 0 unspecified atom stereocenters. The van der Waals surface area contributed by atoms with Gasteiger partial charge < -0.3 is 9.29 Å². The molecule has 0 radical (unpaired) electrons. The Morgan fingerprint density at radius 1 is 1.00 bits per heavy atom. The van der Waals surface area contributed by atoms with Crippen LogP contribution in [0, 0.1) is 5.92 Å². The summed E-state index contributed by atoms with van der Waals surface area (Å²) in [7, 11) is -5.86. The standard InChI is InChI=1S/C24H24F6O4S/c25-23(26,27)22(31)12-11-21(14-16-5-2-1-3-6-16)18(15-22)8-4-7-17-13-19(9-10-20(17)21)34-35(32,33)24(28,29)30/h1-3,5-6,9-10,13,18,31H,4,7-8,11-12,14-15H2/t18-,21+,22-/m1/s1. The van der Waals surface area contributed by atoms with Crippen molar-refractivity contribution in [3.63, 3.8) is 0 Å². The van der Waals surface area contributed by atoms with Crippen LogP contribution in [0.5, 0.6) is 5.75 Å². The Morgan fingerprint density at radius 2 is 1.69 bits per heavy atom. The summed E-state index contributed by atoms with van der Waals surface area (Å²) in [5, 5.41) is 10.5. The third kappa shape index (κ3) is 4.76. The third-order valence-electron chi connectivity index (χ3n) is 7.34. The van der Waals surface area contributed by atoms with E-state index in [0.717, 1.165) is 11.6 Å². The SMILES string of the molecule is O=S(=O)(Oc1ccc2c(c1)CCC[C@@H]1C[C@@](O)(C(F)(F)F)CC[C@@]21Cc1ccccc1)C(F)(F)F. The fourth-order valence-corrected chi connectivity index (χ4v) is 6.10. The number of halogens is 6. The molecule has 35 heavy (non-hydrogen) atoms. The number of benzene rings is 2. The predicted molar refractivity (Wildman–Crippen MR) is 115 cm³/mol. The van der Waals surface area contributed by atoms with Crippen LogP contribution < -0.4 is 4.18 Å². The molecule has 1 saturated carbocycles. The van der Waals surface area contributed by atoms with Crippen LogP contribution in [0.2, 0.25) is 0 Å². The second-order valence-electron chi connectivity index (χ2n) is 9.44. The van der Waals surface area contributed by atoms with Crippen molar-refractivity contribution >= 4 is 10.1 Å². The zero-order valence-electron chi connectivity index (χ0n) is 18.5. The molecule has 11 heteroatoms. The number of hydrogen-bond donors (Lipinski definition) is 1. The Hall–Kier alpha value is -2.27. The summed E-state index contributed by atoms with van der Waals surface area (Å²) >= 11 is 0. The first-order chi connectivity index (χ1) is 16.2. The Balaban J connectivity index is 1.79. The minimum Gasteiger partial charge on any atom is -0.380 e. The molecule has 4 nitrogen and oxygen atoms in total. The van der Waals surface area contributed by atoms with E-state index in [2.05, 4.69) is 4.18 Å². The molecule has 2 aliphatic rings. The quantitative estimate of drug-likeness (QED) is 0.312. The Morgan fingerprint density at radius 3 is 2.31 bits per heavy atom. The molecule has 2 aliphatic carbocycles. The lowest BCUT2D eigenvalue weighted by Crippen LogP contribution is -2.55. The van der Waals surface area contributed by atoms with E-state index in [1.807, 2.05) is 30.3 Å². The summed E-state index contributed by atoms with van der Waals surface area (Å²) in [6.07, 6.45) is -4.27. The lowest BCUT2D eigenvalue weighted by Gasteiger charge is -2.50. The van der Waals surface area contributed by atoms with Crippen molar-refractivity contribution in [2.24, 2.45) is 5.92 Å². The second kappa shape index (κ2) is 8.69. The van der Waals surface area contributed by atoms with Crippen LogP contribution in [0.1, 0.15) is 48.8 Å². The summed E-state index contributed by atoms with van der Waals surface area (Å²) in [5.41, 5.74) is -7.15. The first-order valence-electron chi connectivity index (χ1n) is 11.1. The zero-order valence-corrected chi connectivity index (χ0v) is 19.3. The van der Waals surface area contributed by atoms with Crippen LogP contribution in [0.15, 0.2) is 48.5 Å². The van der Waals surface area contributed by atoms with Crippen LogP contribution in [0.25, 0.3) is 0 Å². The monoisotopic (exact) mass is 522 g/mol. The van der Waals surface area contributed by atoms with E-state index in [4.69, 9.17) is 0 Å². The Bertz CT molecular complexity index is 1180. The van der Waals surface area contributed by atoms with Gasteiger partial charge in [0.1, 0.15) is 5.75 Å². The largest absolute Gasteiger partial charge is 0.534 e. The van der Waals surface area contributed by atoms with Crippen LogP contribution in [-0.4, -0.2) is 30.8 Å². The third-order valence-corrected chi connectivity index (χ3v) is 8.32. The lowest BCUT2D eigenvalue weighted by atomic mass is 9.56. The van der Waals surface area contributed by atoms with Crippen molar-refractivity contribution in [3.8, 4) is 5.75 Å². The second-order valence-corrected chi connectivity index (χ2v) is 11.0. The molecular formula is C24H24F6O4S. The van der Waals surface area contributed by atoms with Gasteiger partial charge in [-0.05, 0) is 79.7 Å². The van der Waals surface area contributed by atoms with Gasteiger partial charge in [-0.2, -0.15) is 34.8 Å². The van der Waals surface area contributed by atoms with Crippen molar-refractivity contribution in [2.75, 3.05) is 0 Å². The highest BCUT2D eigenvalue weighted by molar-refractivity contribution is 7.88. The molecule has 0 amide bonds. The number of hydrogen-bond acceptors (Lipinski definition) is 4. The molecule has 2 aromatic rings. The van der Waals surface area contributed by atoms with Gasteiger partial charge in [-0.25, -0.2) is 0 Å². The molecule has 0 heterocycles. The maximum Gasteiger partial charge on any atom is 0.534 e. The molecule has 192 valence electrons. The maximum atomic E-state index is 13.7. The molecule has 3 atom stereocenters. The van der Waals surface area contributed by atoms with E-state index in [-0.39, 0.29) is 6.42 Å². The van der Waals surface area contributed by atoms with Crippen molar-refractivity contribution in [1.82, 2.24) is 0 Å². The molecule has 0 saturated heterocycles. The van der Waals surface area contributed by atoms with Crippen molar-refractivity contribution in [1.29, 1.82) is 0 Å². The van der Waals surface area contributed by atoms with Gasteiger partial charge in [0.2, 0.25) is 0 Å². The highest BCUT2D eigenvalue weighted by Gasteiger charge is 2.61. The van der Waals surface area contributed by atoms with E-state index in [1.165, 1.54) is 12.1 Å². The zero-order chi connectivity index (χ0) is 25.7. The summed E-state index contributed by atoms with van der Waals surface area (Å²) in [6.45, 7) is 0. The van der Waals surface area contributed by atoms with Gasteiger partial charge in [-0.3, -0.25) is 0 Å². The fourth-order valence-electron chi connectivity index (χ4n) is 5.64. The number of aryl methyl sites for hydroxylation is 1. The lowest BCUT2D eigenvalue weighted by molar-refractivity contribution is -0.279. The molecular weight excluding hydrogens is 498 g/mol. The van der Waals surface area contributed by atoms with Gasteiger partial charge in [-0.1, -0.05) is 36.4 Å². The van der Waals surface area contributed by atoms with E-state index >= 15 is 0 Å². The average Bonchev–Trinajstić information content (AvgIpc) is 2.89. The van der Waals surface area contributed by atoms with Crippen molar-refractivity contribution in [2.45, 2.75) is 67.6 Å². The fraction of sp³-hybridized carbons (Fsp3) is 0.500. The first kappa shape index (κ1) is 25.8. The van der Waals surface area contributed by atoms with Gasteiger partial charge in [0.25, 0.3) is 0 Å². The summed E-state index contributed by atoms with van der Waals surface area (Å²) in [5.74, 6) is -1.05. The highest BCUT2D eigenvalue weighted by atomic mass is 32.2. The van der Waals surface area contributed by atoms with Crippen LogP contribution in [-0.2, 0) is 28.4 Å². The van der Waals surface area contributed by atoms with Gasteiger partial charge in [0, 0.05) is 5.41 Å². The van der Waals surface area contributed by atoms with Crippen LogP contribution >= 0.6 is 0 Å². The van der Waals surface area contributed by atoms with E-state index in [9.17, 15) is 39.9 Å². The Labute approximate surface area is 199 Å². The average molecular weight is 523 g/mol. The summed E-state index contributed by atoms with van der Waals surface area (Å²) in [4.78, 5) is 0. The van der Waals surface area contributed by atoms with Crippen LogP contribution in [0.4, 0.5) is 26.3 Å². The van der Waals surface area contributed by atoms with E-state index in [0.29, 0.717) is 36.8 Å². The van der Waals surface area contributed by atoms with Gasteiger partial charge in [0.15, 0.2) is 5.60 Å². The van der Waals surface area contributed by atoms with Gasteiger partial charge in [0.05, 0.1) is 0 Å². The topological polar surface area (TPSA) is 63.6 Å². The minimum absolute atomic E-state index is 0.0105. The van der Waals surface area contributed by atoms with Gasteiger partial charge in [-0.15, -0.1) is 0 Å². The molecule has 0 aliphatic heterocycles. The predicted octanol–water partition coefficient (Wildman–Crippen LogP) is 5.83. The molecule has 0 aromatic heterocycles. The van der Waals surface area contributed by atoms with Crippen molar-refractivity contribution < 1.29 is 44.0 Å².